The van der Waals surface area contributed by atoms with Crippen LogP contribution in [0.2, 0.25) is 0 Å². The average Bonchev–Trinajstić information content (AvgIpc) is 2.58. The molecule has 3 fully saturated rings. The van der Waals surface area contributed by atoms with Crippen molar-refractivity contribution in [2.24, 2.45) is 0 Å². The molecule has 0 radical (unpaired) electrons. The fraction of sp³-hybridized carbons (Fsp3) is 1.00. The minimum Gasteiger partial charge on any atom is -0.302 e. The van der Waals surface area contributed by atoms with Crippen LogP contribution >= 0.6 is 24.8 Å². The number of halogens is 2. The summed E-state index contributed by atoms with van der Waals surface area (Å²) in [7, 11) is 0. The van der Waals surface area contributed by atoms with Crippen LogP contribution in [0.5, 0.6) is 0 Å². The van der Waals surface area contributed by atoms with Crippen LogP contribution in [-0.4, -0.2) is 48.1 Å². The van der Waals surface area contributed by atoms with Crippen LogP contribution in [0.3, 0.4) is 0 Å². The molecule has 0 amide bonds. The van der Waals surface area contributed by atoms with Gasteiger partial charge >= 0.3 is 0 Å². The Labute approximate surface area is 156 Å². The van der Waals surface area contributed by atoms with Gasteiger partial charge in [0, 0.05) is 25.2 Å². The summed E-state index contributed by atoms with van der Waals surface area (Å²) in [5.41, 5.74) is 0. The molecule has 1 saturated heterocycles. The van der Waals surface area contributed by atoms with Gasteiger partial charge in [-0.2, -0.15) is 0 Å². The molecule has 138 valence electrons. The fourth-order valence-corrected chi connectivity index (χ4v) is 4.93. The van der Waals surface area contributed by atoms with Gasteiger partial charge in [-0.1, -0.05) is 44.9 Å². The number of hydrogen-bond acceptors (Lipinski definition) is 2. The zero-order chi connectivity index (χ0) is 14.3. The van der Waals surface area contributed by atoms with Crippen LogP contribution in [0.1, 0.15) is 83.5 Å². The zero-order valence-electron chi connectivity index (χ0n) is 14.9. The van der Waals surface area contributed by atoms with Crippen molar-refractivity contribution in [3.63, 3.8) is 0 Å². The second-order valence-electron chi connectivity index (χ2n) is 7.72. The van der Waals surface area contributed by atoms with Crippen molar-refractivity contribution in [1.82, 2.24) is 9.80 Å². The van der Waals surface area contributed by atoms with E-state index in [0.29, 0.717) is 0 Å². The minimum absolute atomic E-state index is 0. The molecule has 0 aromatic heterocycles. The molecule has 0 aromatic carbocycles. The molecule has 4 heteroatoms. The SMILES string of the molecule is C1CCC(N(CCN2CCCCC2)C2CCCCC2)CC1.Cl.Cl. The molecule has 3 rings (SSSR count). The molecule has 0 spiro atoms. The molecule has 0 aromatic rings. The summed E-state index contributed by atoms with van der Waals surface area (Å²) < 4.78 is 0. The Morgan fingerprint density at radius 3 is 1.52 bits per heavy atom. The second-order valence-corrected chi connectivity index (χ2v) is 7.72. The maximum absolute atomic E-state index is 2.98. The van der Waals surface area contributed by atoms with Crippen LogP contribution in [0.25, 0.3) is 0 Å². The van der Waals surface area contributed by atoms with E-state index in [4.69, 9.17) is 0 Å². The number of likely N-dealkylation sites (tertiary alicyclic amines) is 1. The second kappa shape index (κ2) is 12.0. The topological polar surface area (TPSA) is 6.48 Å². The van der Waals surface area contributed by atoms with Gasteiger partial charge in [0.2, 0.25) is 0 Å². The molecule has 2 nitrogen and oxygen atoms in total. The number of hydrogen-bond donors (Lipinski definition) is 0. The molecule has 2 saturated carbocycles. The molecule has 0 atom stereocenters. The maximum atomic E-state index is 2.98. The minimum atomic E-state index is 0. The third kappa shape index (κ3) is 6.72. The Bertz CT molecular complexity index is 265. The van der Waals surface area contributed by atoms with Gasteiger partial charge in [0.1, 0.15) is 0 Å². The van der Waals surface area contributed by atoms with E-state index >= 15 is 0 Å². The highest BCUT2D eigenvalue weighted by atomic mass is 35.5. The highest BCUT2D eigenvalue weighted by Crippen LogP contribution is 2.30. The van der Waals surface area contributed by atoms with Gasteiger partial charge in [-0.15, -0.1) is 24.8 Å². The lowest BCUT2D eigenvalue weighted by Gasteiger charge is -2.43. The van der Waals surface area contributed by atoms with E-state index in [1.807, 2.05) is 0 Å². The number of rotatable bonds is 5. The Morgan fingerprint density at radius 1 is 0.609 bits per heavy atom. The summed E-state index contributed by atoms with van der Waals surface area (Å²) in [5, 5.41) is 0. The first kappa shape index (κ1) is 21.5. The monoisotopic (exact) mass is 364 g/mol. The number of piperidine rings is 1. The average molecular weight is 365 g/mol. The van der Waals surface area contributed by atoms with Crippen molar-refractivity contribution >= 4 is 24.8 Å². The van der Waals surface area contributed by atoms with Crippen LogP contribution < -0.4 is 0 Å². The normalized spacial score (nSPS) is 24.9. The lowest BCUT2D eigenvalue weighted by molar-refractivity contribution is 0.0655. The van der Waals surface area contributed by atoms with Crippen molar-refractivity contribution in [3.05, 3.63) is 0 Å². The van der Waals surface area contributed by atoms with E-state index in [2.05, 4.69) is 9.80 Å². The van der Waals surface area contributed by atoms with Crippen LogP contribution in [-0.2, 0) is 0 Å². The van der Waals surface area contributed by atoms with Gasteiger partial charge in [0.05, 0.1) is 0 Å². The number of nitrogens with zero attached hydrogens (tertiary/aromatic N) is 2. The summed E-state index contributed by atoms with van der Waals surface area (Å²) in [4.78, 5) is 5.72. The van der Waals surface area contributed by atoms with Crippen molar-refractivity contribution in [2.75, 3.05) is 26.2 Å². The van der Waals surface area contributed by atoms with E-state index in [1.54, 1.807) is 0 Å². The first-order chi connectivity index (χ1) is 10.4. The highest BCUT2D eigenvalue weighted by Gasteiger charge is 2.28. The first-order valence-electron chi connectivity index (χ1n) is 9.91. The summed E-state index contributed by atoms with van der Waals surface area (Å²) in [5.74, 6) is 0. The van der Waals surface area contributed by atoms with Crippen molar-refractivity contribution in [3.8, 4) is 0 Å². The molecule has 3 aliphatic rings. The quantitative estimate of drug-likeness (QED) is 0.654. The summed E-state index contributed by atoms with van der Waals surface area (Å²) in [6, 6.07) is 1.85. The van der Waals surface area contributed by atoms with Gasteiger partial charge in [-0.05, 0) is 51.6 Å². The lowest BCUT2D eigenvalue weighted by Crippen LogP contribution is -2.48. The van der Waals surface area contributed by atoms with E-state index < -0.39 is 0 Å². The molecule has 0 unspecified atom stereocenters. The van der Waals surface area contributed by atoms with Gasteiger partial charge in [-0.3, -0.25) is 4.90 Å². The maximum Gasteiger partial charge on any atom is 0.0115 e. The predicted molar refractivity (Wildman–Crippen MR) is 105 cm³/mol. The van der Waals surface area contributed by atoms with Crippen molar-refractivity contribution < 1.29 is 0 Å². The third-order valence-electron chi connectivity index (χ3n) is 6.21. The molecule has 23 heavy (non-hydrogen) atoms. The molecule has 0 N–H and O–H groups in total. The zero-order valence-corrected chi connectivity index (χ0v) is 16.5. The summed E-state index contributed by atoms with van der Waals surface area (Å²) >= 11 is 0. The van der Waals surface area contributed by atoms with E-state index in [-0.39, 0.29) is 24.8 Å². The van der Waals surface area contributed by atoms with Crippen LogP contribution in [0.15, 0.2) is 0 Å². The lowest BCUT2D eigenvalue weighted by atomic mass is 9.88. The molecule has 2 aliphatic carbocycles. The largest absolute Gasteiger partial charge is 0.302 e. The molecular weight excluding hydrogens is 327 g/mol. The third-order valence-corrected chi connectivity index (χ3v) is 6.21. The molecule has 1 heterocycles. The van der Waals surface area contributed by atoms with Crippen molar-refractivity contribution in [2.45, 2.75) is 95.6 Å². The van der Waals surface area contributed by atoms with Gasteiger partial charge in [-0.25, -0.2) is 0 Å². The van der Waals surface area contributed by atoms with Crippen LogP contribution in [0, 0.1) is 0 Å². The highest BCUT2D eigenvalue weighted by molar-refractivity contribution is 5.85. The van der Waals surface area contributed by atoms with E-state index in [9.17, 15) is 0 Å². The standard InChI is InChI=1S/C19H36N2.2ClH/c1-4-10-18(11-5-1)21(19-12-6-2-7-13-19)17-16-20-14-8-3-9-15-20;;/h18-19H,1-17H2;2*1H. The van der Waals surface area contributed by atoms with Crippen LogP contribution in [0.4, 0.5) is 0 Å². The predicted octanol–water partition coefficient (Wildman–Crippen LogP) is 5.28. The smallest absolute Gasteiger partial charge is 0.0115 e. The molecule has 0 bridgehead atoms. The molecular formula is C19H38Cl2N2. The Balaban J connectivity index is 0.00000132. The van der Waals surface area contributed by atoms with Gasteiger partial charge < -0.3 is 4.90 Å². The summed E-state index contributed by atoms with van der Waals surface area (Å²) in [6.45, 7) is 5.43. The Morgan fingerprint density at radius 2 is 1.04 bits per heavy atom. The first-order valence-corrected chi connectivity index (χ1v) is 9.91. The van der Waals surface area contributed by atoms with Crippen molar-refractivity contribution in [1.29, 1.82) is 0 Å². The Kier molecular flexibility index (Phi) is 11.2. The van der Waals surface area contributed by atoms with E-state index in [0.717, 1.165) is 12.1 Å². The van der Waals surface area contributed by atoms with E-state index in [1.165, 1.54) is 110 Å². The summed E-state index contributed by atoms with van der Waals surface area (Å²) in [6.07, 6.45) is 19.2. The van der Waals surface area contributed by atoms with Gasteiger partial charge in [0.25, 0.3) is 0 Å². The Hall–Kier alpha value is 0.500. The fourth-order valence-electron chi connectivity index (χ4n) is 4.93. The van der Waals surface area contributed by atoms with Gasteiger partial charge in [0.15, 0.2) is 0 Å². The molecule has 1 aliphatic heterocycles.